The van der Waals surface area contributed by atoms with Gasteiger partial charge in [-0.05, 0) is 59.1 Å². The van der Waals surface area contributed by atoms with Crippen molar-refractivity contribution in [1.82, 2.24) is 10.6 Å². The minimum absolute atomic E-state index is 0.155. The van der Waals surface area contributed by atoms with Crippen molar-refractivity contribution in [2.24, 2.45) is 0 Å². The molecule has 4 amide bonds. The Bertz CT molecular complexity index is 918. The van der Waals surface area contributed by atoms with Gasteiger partial charge < -0.3 is 15.4 Å². The Kier molecular flexibility index (Phi) is 5.99. The number of carbonyl (C=O) groups is 3. The Morgan fingerprint density at radius 1 is 1.18 bits per heavy atom. The molecule has 7 nitrogen and oxygen atoms in total. The summed E-state index contributed by atoms with van der Waals surface area (Å²) >= 11 is 3.41. The number of halogens is 1. The lowest BCUT2D eigenvalue weighted by Crippen LogP contribution is -2.40. The number of hydrogen-bond acceptors (Lipinski definition) is 4. The first-order valence-electron chi connectivity index (χ1n) is 8.80. The first-order chi connectivity index (χ1) is 13.4. The average molecular weight is 446 g/mol. The van der Waals surface area contributed by atoms with Gasteiger partial charge in [-0.1, -0.05) is 24.3 Å². The molecule has 1 unspecified atom stereocenters. The Labute approximate surface area is 171 Å². The molecule has 8 heteroatoms. The van der Waals surface area contributed by atoms with Gasteiger partial charge in [0.25, 0.3) is 5.91 Å². The van der Waals surface area contributed by atoms with E-state index in [1.165, 1.54) is 0 Å². The summed E-state index contributed by atoms with van der Waals surface area (Å²) in [7, 11) is 0. The Balaban J connectivity index is 1.53. The summed E-state index contributed by atoms with van der Waals surface area (Å²) in [6.45, 7) is 2.04. The molecule has 1 aliphatic rings. The third kappa shape index (κ3) is 4.51. The topological polar surface area (TPSA) is 96.5 Å². The van der Waals surface area contributed by atoms with Gasteiger partial charge in [0.2, 0.25) is 5.91 Å². The number of para-hydroxylation sites is 1. The predicted molar refractivity (Wildman–Crippen MR) is 108 cm³/mol. The van der Waals surface area contributed by atoms with Crippen LogP contribution in [0, 0.1) is 0 Å². The summed E-state index contributed by atoms with van der Waals surface area (Å²) in [4.78, 5) is 35.7. The molecule has 2 aromatic rings. The molecule has 1 heterocycles. The van der Waals surface area contributed by atoms with Crippen LogP contribution in [0.4, 0.5) is 10.5 Å². The van der Waals surface area contributed by atoms with Crippen LogP contribution in [-0.4, -0.2) is 24.5 Å². The molecule has 1 atom stereocenters. The highest BCUT2D eigenvalue weighted by molar-refractivity contribution is 9.10. The van der Waals surface area contributed by atoms with Crippen LogP contribution in [0.5, 0.6) is 5.75 Å². The van der Waals surface area contributed by atoms with Gasteiger partial charge in [0, 0.05) is 12.1 Å². The summed E-state index contributed by atoms with van der Waals surface area (Å²) in [5.74, 6) is 0.156. The zero-order chi connectivity index (χ0) is 20.1. The number of carbonyl (C=O) groups excluding carboxylic acids is 3. The molecule has 3 N–H and O–H groups in total. The van der Waals surface area contributed by atoms with Gasteiger partial charge in [0.1, 0.15) is 11.3 Å². The Morgan fingerprint density at radius 2 is 1.96 bits per heavy atom. The molecule has 0 spiro atoms. The summed E-state index contributed by atoms with van der Waals surface area (Å²) in [6, 6.07) is 13.9. The van der Waals surface area contributed by atoms with E-state index >= 15 is 0 Å². The molecule has 146 valence electrons. The lowest BCUT2D eigenvalue weighted by molar-refractivity contribution is -0.123. The van der Waals surface area contributed by atoms with Crippen LogP contribution in [0.2, 0.25) is 0 Å². The third-order valence-corrected chi connectivity index (χ3v) is 5.07. The summed E-state index contributed by atoms with van der Waals surface area (Å²) in [5.41, 5.74) is -0.00957. The quantitative estimate of drug-likeness (QED) is 0.449. The van der Waals surface area contributed by atoms with E-state index in [1.807, 2.05) is 24.3 Å². The van der Waals surface area contributed by atoms with Crippen LogP contribution in [-0.2, 0) is 15.1 Å². The van der Waals surface area contributed by atoms with Crippen molar-refractivity contribution in [3.63, 3.8) is 0 Å². The lowest BCUT2D eigenvalue weighted by Gasteiger charge is -2.21. The number of imide groups is 1. The second-order valence-electron chi connectivity index (χ2n) is 6.54. The van der Waals surface area contributed by atoms with Crippen LogP contribution in [0.1, 0.15) is 25.3 Å². The Morgan fingerprint density at radius 3 is 2.68 bits per heavy atom. The maximum Gasteiger partial charge on any atom is 0.322 e. The van der Waals surface area contributed by atoms with E-state index in [9.17, 15) is 14.4 Å². The maximum atomic E-state index is 12.2. The zero-order valence-corrected chi connectivity index (χ0v) is 16.8. The molecule has 0 aromatic heterocycles. The second-order valence-corrected chi connectivity index (χ2v) is 7.40. The van der Waals surface area contributed by atoms with E-state index in [0.717, 1.165) is 10.2 Å². The van der Waals surface area contributed by atoms with Crippen molar-refractivity contribution in [2.45, 2.75) is 25.3 Å². The zero-order valence-electron chi connectivity index (χ0n) is 15.3. The maximum absolute atomic E-state index is 12.2. The molecule has 1 saturated heterocycles. The van der Waals surface area contributed by atoms with E-state index < -0.39 is 17.5 Å². The molecule has 1 fully saturated rings. The number of benzene rings is 2. The van der Waals surface area contributed by atoms with E-state index in [1.54, 1.807) is 31.2 Å². The van der Waals surface area contributed by atoms with Gasteiger partial charge in [-0.3, -0.25) is 14.9 Å². The number of hydrogen-bond donors (Lipinski definition) is 3. The van der Waals surface area contributed by atoms with E-state index in [0.29, 0.717) is 30.7 Å². The van der Waals surface area contributed by atoms with Gasteiger partial charge in [-0.15, -0.1) is 0 Å². The summed E-state index contributed by atoms with van der Waals surface area (Å²) in [6.07, 6.45) is 0.853. The van der Waals surface area contributed by atoms with Crippen molar-refractivity contribution in [1.29, 1.82) is 0 Å². The largest absolute Gasteiger partial charge is 0.492 e. The molecule has 2 aromatic carbocycles. The smallest absolute Gasteiger partial charge is 0.322 e. The molecule has 3 rings (SSSR count). The minimum atomic E-state index is -1.16. The third-order valence-electron chi connectivity index (χ3n) is 4.41. The van der Waals surface area contributed by atoms with E-state index in [2.05, 4.69) is 31.9 Å². The number of urea groups is 1. The molecule has 0 bridgehead atoms. The summed E-state index contributed by atoms with van der Waals surface area (Å²) in [5, 5.41) is 7.64. The summed E-state index contributed by atoms with van der Waals surface area (Å²) < 4.78 is 6.52. The first-order valence-corrected chi connectivity index (χ1v) is 9.59. The van der Waals surface area contributed by atoms with Crippen molar-refractivity contribution in [2.75, 3.05) is 11.9 Å². The van der Waals surface area contributed by atoms with Crippen molar-refractivity contribution in [3.8, 4) is 5.75 Å². The lowest BCUT2D eigenvalue weighted by atomic mass is 9.92. The molecular formula is C20H20BrN3O4. The van der Waals surface area contributed by atoms with E-state index in [-0.39, 0.29) is 5.91 Å². The number of anilines is 1. The molecule has 28 heavy (non-hydrogen) atoms. The highest BCUT2D eigenvalue weighted by Crippen LogP contribution is 2.27. The van der Waals surface area contributed by atoms with Gasteiger partial charge in [0.15, 0.2) is 0 Å². The Hall–Kier alpha value is -2.87. The fraction of sp³-hybridized carbons (Fsp3) is 0.250. The van der Waals surface area contributed by atoms with Gasteiger partial charge in [-0.25, -0.2) is 4.79 Å². The number of rotatable bonds is 7. The fourth-order valence-electron chi connectivity index (χ4n) is 2.85. The van der Waals surface area contributed by atoms with Crippen LogP contribution < -0.4 is 20.7 Å². The normalized spacial score (nSPS) is 18.4. The fourth-order valence-corrected chi connectivity index (χ4v) is 3.25. The minimum Gasteiger partial charge on any atom is -0.492 e. The number of nitrogens with one attached hydrogen (secondary N) is 3. The highest BCUT2D eigenvalue weighted by atomic mass is 79.9. The first kappa shape index (κ1) is 19.9. The standard InChI is InChI=1S/C20H20BrN3O4/c1-20(18(26)23-19(27)24-20)13-6-4-7-14(12-13)22-17(25)10-5-11-28-16-9-3-2-8-15(16)21/h2-4,6-9,12H,5,10-11H2,1H3,(H,22,25)(H2,23,24,26,27). The second kappa shape index (κ2) is 8.43. The van der Waals surface area contributed by atoms with Crippen LogP contribution in [0.15, 0.2) is 53.0 Å². The molecule has 0 radical (unpaired) electrons. The van der Waals surface area contributed by atoms with Crippen LogP contribution in [0.25, 0.3) is 0 Å². The molecular weight excluding hydrogens is 426 g/mol. The molecule has 0 saturated carbocycles. The van der Waals surface area contributed by atoms with E-state index in [4.69, 9.17) is 4.74 Å². The average Bonchev–Trinajstić information content (AvgIpc) is 2.93. The van der Waals surface area contributed by atoms with Crippen molar-refractivity contribution >= 4 is 39.5 Å². The van der Waals surface area contributed by atoms with Crippen molar-refractivity contribution in [3.05, 3.63) is 58.6 Å². The van der Waals surface area contributed by atoms with Gasteiger partial charge in [-0.2, -0.15) is 0 Å². The van der Waals surface area contributed by atoms with Crippen molar-refractivity contribution < 1.29 is 19.1 Å². The number of ether oxygens (including phenoxy) is 1. The SMILES string of the molecule is CC1(c2cccc(NC(=O)CCCOc3ccccc3Br)c2)NC(=O)NC1=O. The molecule has 1 aliphatic heterocycles. The van der Waals surface area contributed by atoms with Gasteiger partial charge >= 0.3 is 6.03 Å². The van der Waals surface area contributed by atoms with Gasteiger partial charge in [0.05, 0.1) is 11.1 Å². The predicted octanol–water partition coefficient (Wildman–Crippen LogP) is 3.30. The number of amides is 4. The van der Waals surface area contributed by atoms with Crippen LogP contribution >= 0.6 is 15.9 Å². The molecule has 0 aliphatic carbocycles. The monoisotopic (exact) mass is 445 g/mol. The highest BCUT2D eigenvalue weighted by Gasteiger charge is 2.43. The van der Waals surface area contributed by atoms with Crippen LogP contribution in [0.3, 0.4) is 0 Å².